The fraction of sp³-hybridized carbons (Fsp3) is 0.294. The number of amides is 1. The van der Waals surface area contributed by atoms with E-state index in [1.807, 2.05) is 0 Å². The van der Waals surface area contributed by atoms with Crippen molar-refractivity contribution in [2.24, 2.45) is 0 Å². The number of hydroxylamine groups is 1. The summed E-state index contributed by atoms with van der Waals surface area (Å²) in [6.07, 6.45) is 2.06. The minimum atomic E-state index is -3.86. The summed E-state index contributed by atoms with van der Waals surface area (Å²) in [6, 6.07) is 6.70. The van der Waals surface area contributed by atoms with Crippen LogP contribution in [0, 0.1) is 5.82 Å². The molecule has 1 amide bonds. The second kappa shape index (κ2) is 7.79. The minimum Gasteiger partial charge on any atom is -0.315 e. The van der Waals surface area contributed by atoms with E-state index in [1.54, 1.807) is 6.07 Å². The van der Waals surface area contributed by atoms with Crippen LogP contribution in [-0.2, 0) is 21.2 Å². The molecular formula is C17H18ClFN2O5S. The van der Waals surface area contributed by atoms with Gasteiger partial charge >= 0.3 is 0 Å². The van der Waals surface area contributed by atoms with E-state index in [0.29, 0.717) is 11.1 Å². The van der Waals surface area contributed by atoms with Crippen molar-refractivity contribution < 1.29 is 22.8 Å². The average molecular weight is 417 g/mol. The highest BCUT2D eigenvalue weighted by atomic mass is 35.5. The van der Waals surface area contributed by atoms with Crippen LogP contribution in [0.2, 0.25) is 5.02 Å². The molecule has 10 heteroatoms. The first-order chi connectivity index (χ1) is 12.5. The number of halogens is 2. The molecule has 2 rings (SSSR count). The quantitative estimate of drug-likeness (QED) is 0.553. The van der Waals surface area contributed by atoms with Gasteiger partial charge in [-0.05, 0) is 48.7 Å². The molecule has 146 valence electrons. The maximum atomic E-state index is 13.5. The molecule has 2 N–H and O–H groups in total. The van der Waals surface area contributed by atoms with E-state index in [1.165, 1.54) is 41.4 Å². The number of hydrogen-bond acceptors (Lipinski definition) is 5. The van der Waals surface area contributed by atoms with E-state index < -0.39 is 31.9 Å². The average Bonchev–Trinajstić information content (AvgIpc) is 2.57. The van der Waals surface area contributed by atoms with Gasteiger partial charge in [-0.15, -0.1) is 0 Å². The molecule has 0 radical (unpaired) electrons. The molecule has 1 aromatic carbocycles. The van der Waals surface area contributed by atoms with Crippen molar-refractivity contribution in [2.45, 2.75) is 24.6 Å². The highest BCUT2D eigenvalue weighted by Crippen LogP contribution is 2.24. The van der Waals surface area contributed by atoms with Crippen LogP contribution >= 0.6 is 11.6 Å². The molecule has 0 bridgehead atoms. The van der Waals surface area contributed by atoms with Gasteiger partial charge in [-0.1, -0.05) is 11.6 Å². The Morgan fingerprint density at radius 1 is 1.30 bits per heavy atom. The number of aryl methyl sites for hydroxylation is 1. The fourth-order valence-electron chi connectivity index (χ4n) is 2.51. The number of rotatable bonds is 6. The number of carbonyl (C=O) groups is 1. The number of hydrogen-bond donors (Lipinski definition) is 2. The van der Waals surface area contributed by atoms with Gasteiger partial charge in [-0.25, -0.2) is 18.3 Å². The third-order valence-electron chi connectivity index (χ3n) is 4.42. The highest BCUT2D eigenvalue weighted by Gasteiger charge is 2.43. The van der Waals surface area contributed by atoms with Gasteiger partial charge in [0.1, 0.15) is 5.82 Å². The number of carbonyl (C=O) groups excluding carboxylic acids is 1. The highest BCUT2D eigenvalue weighted by molar-refractivity contribution is 7.92. The van der Waals surface area contributed by atoms with Crippen molar-refractivity contribution in [2.75, 3.05) is 6.26 Å². The second-order valence-electron chi connectivity index (χ2n) is 6.30. The normalized spacial score (nSPS) is 13.8. The largest absolute Gasteiger partial charge is 0.315 e. The predicted octanol–water partition coefficient (Wildman–Crippen LogP) is 2.01. The van der Waals surface area contributed by atoms with Crippen molar-refractivity contribution in [3.63, 3.8) is 0 Å². The molecule has 0 saturated heterocycles. The van der Waals surface area contributed by atoms with Crippen molar-refractivity contribution in [1.29, 1.82) is 0 Å². The summed E-state index contributed by atoms with van der Waals surface area (Å²) in [5.74, 6) is -1.62. The van der Waals surface area contributed by atoms with Crippen LogP contribution in [0.15, 0.2) is 41.3 Å². The van der Waals surface area contributed by atoms with Crippen LogP contribution in [-0.4, -0.2) is 35.1 Å². The first-order valence-corrected chi connectivity index (χ1v) is 10.1. The van der Waals surface area contributed by atoms with E-state index in [4.69, 9.17) is 16.8 Å². The lowest BCUT2D eigenvalue weighted by molar-refractivity contribution is -0.131. The Bertz CT molecular complexity index is 1020. The lowest BCUT2D eigenvalue weighted by Crippen LogP contribution is -2.49. The van der Waals surface area contributed by atoms with Crippen molar-refractivity contribution in [1.82, 2.24) is 10.0 Å². The Morgan fingerprint density at radius 3 is 2.48 bits per heavy atom. The maximum absolute atomic E-state index is 13.5. The predicted molar refractivity (Wildman–Crippen MR) is 98.9 cm³/mol. The van der Waals surface area contributed by atoms with E-state index in [9.17, 15) is 22.4 Å². The molecule has 0 fully saturated rings. The van der Waals surface area contributed by atoms with Crippen molar-refractivity contribution in [3.8, 4) is 11.1 Å². The monoisotopic (exact) mass is 416 g/mol. The Hall–Kier alpha value is -2.23. The summed E-state index contributed by atoms with van der Waals surface area (Å²) in [5.41, 5.74) is 1.75. The molecule has 0 spiro atoms. The maximum Gasteiger partial charge on any atom is 0.264 e. The van der Waals surface area contributed by atoms with Gasteiger partial charge in [0, 0.05) is 30.1 Å². The Morgan fingerprint density at radius 2 is 1.96 bits per heavy atom. The van der Waals surface area contributed by atoms with Crippen molar-refractivity contribution >= 4 is 27.3 Å². The standard InChI is InChI=1S/C17H18ClFN2O5S/c1-17(16(23)20-24,27(2,25)26)4-6-21-5-3-11(9-15(21)22)12-7-13(18)10-14(19)8-12/h3,5,7-10,24H,4,6H2,1-2H3,(H,20,23). The van der Waals surface area contributed by atoms with Crippen LogP contribution in [0.5, 0.6) is 0 Å². The van der Waals surface area contributed by atoms with Gasteiger partial charge in [0.2, 0.25) is 0 Å². The molecule has 0 saturated carbocycles. The second-order valence-corrected chi connectivity index (χ2v) is 9.18. The van der Waals surface area contributed by atoms with E-state index in [-0.39, 0.29) is 18.0 Å². The number of sulfone groups is 1. The zero-order valence-electron chi connectivity index (χ0n) is 14.6. The van der Waals surface area contributed by atoms with Gasteiger partial charge in [-0.3, -0.25) is 14.8 Å². The lowest BCUT2D eigenvalue weighted by atomic mass is 10.1. The van der Waals surface area contributed by atoms with Crippen LogP contribution in [0.25, 0.3) is 11.1 Å². The molecule has 1 unspecified atom stereocenters. The summed E-state index contributed by atoms with van der Waals surface area (Å²) in [6.45, 7) is 1.09. The van der Waals surface area contributed by atoms with E-state index in [2.05, 4.69) is 0 Å². The summed E-state index contributed by atoms with van der Waals surface area (Å²) >= 11 is 5.82. The molecule has 2 aromatic rings. The van der Waals surface area contributed by atoms with Gasteiger partial charge in [0.05, 0.1) is 0 Å². The van der Waals surface area contributed by atoms with Gasteiger partial charge in [0.15, 0.2) is 14.6 Å². The molecule has 1 heterocycles. The third-order valence-corrected chi connectivity index (χ3v) is 6.67. The minimum absolute atomic E-state index is 0.0833. The summed E-state index contributed by atoms with van der Waals surface area (Å²) in [5, 5.41) is 9.01. The Kier molecular flexibility index (Phi) is 6.08. The molecule has 0 aliphatic rings. The SMILES string of the molecule is CC(CCn1ccc(-c2cc(F)cc(Cl)c2)cc1=O)(C(=O)NO)S(C)(=O)=O. The summed E-state index contributed by atoms with van der Waals surface area (Å²) in [4.78, 5) is 24.1. The van der Waals surface area contributed by atoms with Crippen LogP contribution in [0.1, 0.15) is 13.3 Å². The zero-order valence-corrected chi connectivity index (χ0v) is 16.1. The first kappa shape index (κ1) is 21.1. The van der Waals surface area contributed by atoms with Crippen molar-refractivity contribution in [3.05, 3.63) is 57.7 Å². The van der Waals surface area contributed by atoms with Gasteiger partial charge < -0.3 is 4.57 Å². The Labute approximate surface area is 160 Å². The fourth-order valence-corrected chi connectivity index (χ4v) is 3.58. The van der Waals surface area contributed by atoms with E-state index >= 15 is 0 Å². The zero-order chi connectivity index (χ0) is 20.4. The molecule has 7 nitrogen and oxygen atoms in total. The van der Waals surface area contributed by atoms with Gasteiger partial charge in [0.25, 0.3) is 11.5 Å². The summed E-state index contributed by atoms with van der Waals surface area (Å²) in [7, 11) is -3.86. The number of nitrogens with zero attached hydrogens (tertiary/aromatic N) is 1. The first-order valence-electron chi connectivity index (χ1n) is 7.79. The molecule has 0 aliphatic carbocycles. The van der Waals surface area contributed by atoms with Crippen LogP contribution in [0.3, 0.4) is 0 Å². The van der Waals surface area contributed by atoms with Gasteiger partial charge in [-0.2, -0.15) is 0 Å². The molecule has 1 atom stereocenters. The van der Waals surface area contributed by atoms with Crippen LogP contribution in [0.4, 0.5) is 4.39 Å². The van der Waals surface area contributed by atoms with E-state index in [0.717, 1.165) is 12.3 Å². The molecule has 0 aliphatic heterocycles. The number of pyridine rings is 1. The molecule has 27 heavy (non-hydrogen) atoms. The molecule has 1 aromatic heterocycles. The Balaban J connectivity index is 2.31. The molecular weight excluding hydrogens is 399 g/mol. The lowest BCUT2D eigenvalue weighted by Gasteiger charge is -2.25. The number of benzene rings is 1. The third kappa shape index (κ3) is 4.55. The smallest absolute Gasteiger partial charge is 0.264 e. The summed E-state index contributed by atoms with van der Waals surface area (Å²) < 4.78 is 36.7. The van der Waals surface area contributed by atoms with Crippen LogP contribution < -0.4 is 11.0 Å². The topological polar surface area (TPSA) is 105 Å². The number of nitrogens with one attached hydrogen (secondary N) is 1. The number of aromatic nitrogens is 1.